The molecular weight excluding hydrogens is 309 g/mol. The molecule has 0 unspecified atom stereocenters. The molecule has 3 aromatic rings. The molecule has 1 N–H and O–H groups in total. The van der Waals surface area contributed by atoms with E-state index in [1.54, 1.807) is 22.8 Å². The van der Waals surface area contributed by atoms with E-state index in [9.17, 15) is 5.11 Å². The minimum Gasteiger partial charge on any atom is -0.388 e. The predicted octanol–water partition coefficient (Wildman–Crippen LogP) is 3.73. The molecule has 0 bridgehead atoms. The number of nitrogens with zero attached hydrogens (tertiary/aromatic N) is 3. The van der Waals surface area contributed by atoms with E-state index in [-0.39, 0.29) is 6.61 Å². The van der Waals surface area contributed by atoms with E-state index in [1.807, 2.05) is 30.3 Å². The number of hydrogen-bond donors (Lipinski definition) is 1. The van der Waals surface area contributed by atoms with Crippen molar-refractivity contribution >= 4 is 23.2 Å². The first-order valence-corrected chi connectivity index (χ1v) is 7.03. The molecule has 6 heteroatoms. The smallest absolute Gasteiger partial charge is 0.171 e. The van der Waals surface area contributed by atoms with Crippen molar-refractivity contribution in [2.75, 3.05) is 0 Å². The van der Waals surface area contributed by atoms with E-state index < -0.39 is 0 Å². The number of benzene rings is 2. The molecule has 0 aliphatic carbocycles. The van der Waals surface area contributed by atoms with E-state index in [4.69, 9.17) is 23.2 Å². The molecule has 0 atom stereocenters. The highest BCUT2D eigenvalue weighted by Crippen LogP contribution is 2.34. The van der Waals surface area contributed by atoms with Gasteiger partial charge in [0.25, 0.3) is 0 Å². The standard InChI is InChI=1S/C15H11Cl2N3O/c16-11-7-4-8-12(17)14(11)15-19-18-13(9-21)20(15)10-5-2-1-3-6-10/h1-8,21H,9H2. The monoisotopic (exact) mass is 319 g/mol. The lowest BCUT2D eigenvalue weighted by atomic mass is 10.2. The maximum atomic E-state index is 9.49. The molecule has 3 rings (SSSR count). The number of aromatic nitrogens is 3. The highest BCUT2D eigenvalue weighted by Gasteiger charge is 2.19. The van der Waals surface area contributed by atoms with Gasteiger partial charge in [-0.25, -0.2) is 0 Å². The highest BCUT2D eigenvalue weighted by molar-refractivity contribution is 6.39. The van der Waals surface area contributed by atoms with Crippen molar-refractivity contribution in [2.45, 2.75) is 6.61 Å². The highest BCUT2D eigenvalue weighted by atomic mass is 35.5. The van der Waals surface area contributed by atoms with Crippen molar-refractivity contribution in [1.82, 2.24) is 14.8 Å². The summed E-state index contributed by atoms with van der Waals surface area (Å²) >= 11 is 12.5. The molecule has 0 saturated heterocycles. The third kappa shape index (κ3) is 2.53. The van der Waals surface area contributed by atoms with Crippen LogP contribution in [-0.2, 0) is 6.61 Å². The van der Waals surface area contributed by atoms with Gasteiger partial charge in [-0.15, -0.1) is 10.2 Å². The van der Waals surface area contributed by atoms with Gasteiger partial charge in [0.15, 0.2) is 11.6 Å². The van der Waals surface area contributed by atoms with E-state index in [0.29, 0.717) is 27.3 Å². The Bertz CT molecular complexity index is 752. The molecule has 4 nitrogen and oxygen atoms in total. The molecule has 1 heterocycles. The number of halogens is 2. The first-order chi connectivity index (χ1) is 10.2. The number of rotatable bonds is 3. The van der Waals surface area contributed by atoms with Crippen molar-refractivity contribution in [2.24, 2.45) is 0 Å². The van der Waals surface area contributed by atoms with Crippen LogP contribution in [-0.4, -0.2) is 19.9 Å². The molecule has 0 aliphatic heterocycles. The van der Waals surface area contributed by atoms with Gasteiger partial charge in [0.05, 0.1) is 15.6 Å². The number of aliphatic hydroxyl groups is 1. The Morgan fingerprint density at radius 2 is 1.57 bits per heavy atom. The largest absolute Gasteiger partial charge is 0.388 e. The van der Waals surface area contributed by atoms with E-state index in [1.165, 1.54) is 0 Å². The first-order valence-electron chi connectivity index (χ1n) is 6.27. The van der Waals surface area contributed by atoms with Crippen LogP contribution in [0.15, 0.2) is 48.5 Å². The summed E-state index contributed by atoms with van der Waals surface area (Å²) < 4.78 is 1.74. The van der Waals surface area contributed by atoms with Gasteiger partial charge < -0.3 is 5.11 Å². The van der Waals surface area contributed by atoms with Gasteiger partial charge in [0, 0.05) is 5.69 Å². The molecule has 21 heavy (non-hydrogen) atoms. The van der Waals surface area contributed by atoms with Crippen molar-refractivity contribution in [3.05, 3.63) is 64.4 Å². The average Bonchev–Trinajstić information content (AvgIpc) is 2.91. The van der Waals surface area contributed by atoms with Gasteiger partial charge in [0.1, 0.15) is 6.61 Å². The second-order valence-corrected chi connectivity index (χ2v) is 5.18. The average molecular weight is 320 g/mol. The van der Waals surface area contributed by atoms with E-state index >= 15 is 0 Å². The van der Waals surface area contributed by atoms with Crippen LogP contribution in [0.5, 0.6) is 0 Å². The lowest BCUT2D eigenvalue weighted by Gasteiger charge is -2.11. The van der Waals surface area contributed by atoms with Crippen LogP contribution in [0.1, 0.15) is 5.82 Å². The lowest BCUT2D eigenvalue weighted by molar-refractivity contribution is 0.269. The van der Waals surface area contributed by atoms with Gasteiger partial charge in [-0.3, -0.25) is 4.57 Å². The van der Waals surface area contributed by atoms with Crippen molar-refractivity contribution in [3.63, 3.8) is 0 Å². The molecule has 2 aromatic carbocycles. The zero-order valence-corrected chi connectivity index (χ0v) is 12.4. The maximum Gasteiger partial charge on any atom is 0.171 e. The number of aliphatic hydroxyl groups excluding tert-OH is 1. The van der Waals surface area contributed by atoms with Crippen molar-refractivity contribution < 1.29 is 5.11 Å². The summed E-state index contributed by atoms with van der Waals surface area (Å²) in [7, 11) is 0. The Balaban J connectivity index is 2.28. The molecule has 0 fully saturated rings. The minimum absolute atomic E-state index is 0.232. The van der Waals surface area contributed by atoms with Gasteiger partial charge in [-0.05, 0) is 24.3 Å². The Hall–Kier alpha value is -1.88. The zero-order valence-electron chi connectivity index (χ0n) is 10.9. The van der Waals surface area contributed by atoms with Crippen LogP contribution in [0.25, 0.3) is 17.1 Å². The van der Waals surface area contributed by atoms with E-state index in [0.717, 1.165) is 5.69 Å². The Morgan fingerprint density at radius 1 is 0.905 bits per heavy atom. The summed E-state index contributed by atoms with van der Waals surface area (Å²) in [5, 5.41) is 18.6. The van der Waals surface area contributed by atoms with Crippen LogP contribution >= 0.6 is 23.2 Å². The van der Waals surface area contributed by atoms with E-state index in [2.05, 4.69) is 10.2 Å². The Kier molecular flexibility index (Phi) is 3.92. The topological polar surface area (TPSA) is 50.9 Å². The third-order valence-corrected chi connectivity index (χ3v) is 3.70. The van der Waals surface area contributed by atoms with Crippen LogP contribution in [0.3, 0.4) is 0 Å². The van der Waals surface area contributed by atoms with Crippen molar-refractivity contribution in [3.8, 4) is 17.1 Å². The summed E-state index contributed by atoms with van der Waals surface area (Å²) in [5.74, 6) is 0.924. The second kappa shape index (κ2) is 5.85. The number of para-hydroxylation sites is 1. The zero-order chi connectivity index (χ0) is 14.8. The predicted molar refractivity (Wildman–Crippen MR) is 82.7 cm³/mol. The molecule has 0 spiro atoms. The summed E-state index contributed by atoms with van der Waals surface area (Å²) in [6.45, 7) is -0.232. The van der Waals surface area contributed by atoms with Crippen LogP contribution in [0.2, 0.25) is 10.0 Å². The maximum absolute atomic E-state index is 9.49. The molecule has 0 aliphatic rings. The first kappa shape index (κ1) is 14.1. The fraction of sp³-hybridized carbons (Fsp3) is 0.0667. The molecular formula is C15H11Cl2N3O. The Morgan fingerprint density at radius 3 is 2.19 bits per heavy atom. The summed E-state index contributed by atoms with van der Waals surface area (Å²) in [6, 6.07) is 14.8. The molecule has 0 saturated carbocycles. The quantitative estimate of drug-likeness (QED) is 0.800. The van der Waals surface area contributed by atoms with Gasteiger partial charge in [0.2, 0.25) is 0 Å². The minimum atomic E-state index is -0.232. The van der Waals surface area contributed by atoms with Gasteiger partial charge >= 0.3 is 0 Å². The summed E-state index contributed by atoms with van der Waals surface area (Å²) in [5.41, 5.74) is 1.43. The molecule has 1 aromatic heterocycles. The fourth-order valence-corrected chi connectivity index (χ4v) is 2.71. The molecule has 0 radical (unpaired) electrons. The normalized spacial score (nSPS) is 10.8. The van der Waals surface area contributed by atoms with Gasteiger partial charge in [-0.2, -0.15) is 0 Å². The fourth-order valence-electron chi connectivity index (χ4n) is 2.14. The summed E-state index contributed by atoms with van der Waals surface area (Å²) in [6.07, 6.45) is 0. The third-order valence-electron chi connectivity index (χ3n) is 3.07. The number of hydrogen-bond acceptors (Lipinski definition) is 3. The van der Waals surface area contributed by atoms with Crippen LogP contribution in [0, 0.1) is 0 Å². The molecule has 0 amide bonds. The second-order valence-electron chi connectivity index (χ2n) is 4.37. The molecule has 106 valence electrons. The summed E-state index contributed by atoms with van der Waals surface area (Å²) in [4.78, 5) is 0. The van der Waals surface area contributed by atoms with Crippen LogP contribution < -0.4 is 0 Å². The van der Waals surface area contributed by atoms with Gasteiger partial charge in [-0.1, -0.05) is 47.5 Å². The Labute approximate surface area is 131 Å². The lowest BCUT2D eigenvalue weighted by Crippen LogP contribution is -2.03. The van der Waals surface area contributed by atoms with Crippen molar-refractivity contribution in [1.29, 1.82) is 0 Å². The van der Waals surface area contributed by atoms with Crippen LogP contribution in [0.4, 0.5) is 0 Å². The SMILES string of the molecule is OCc1nnc(-c2c(Cl)cccc2Cl)n1-c1ccccc1.